The summed E-state index contributed by atoms with van der Waals surface area (Å²) in [5, 5.41) is 7.12. The molecular formula is C10H11F3N2O3. The quantitative estimate of drug-likeness (QED) is 0.832. The first-order chi connectivity index (χ1) is 8.16. The molecule has 1 aromatic rings. The fraction of sp³-hybridized carbons (Fsp3) is 0.300. The largest absolute Gasteiger partial charge is 0.490 e. The lowest BCUT2D eigenvalue weighted by Gasteiger charge is -2.07. The zero-order valence-corrected chi connectivity index (χ0v) is 9.60. The molecule has 18 heavy (non-hydrogen) atoms. The van der Waals surface area contributed by atoms with Crippen molar-refractivity contribution in [3.8, 4) is 0 Å². The highest BCUT2D eigenvalue weighted by Crippen LogP contribution is 2.13. The fourth-order valence-corrected chi connectivity index (χ4v) is 0.718. The fourth-order valence-electron chi connectivity index (χ4n) is 0.718. The Hall–Kier alpha value is -2.12. The normalized spacial score (nSPS) is 10.1. The highest BCUT2D eigenvalue weighted by molar-refractivity contribution is 5.91. The van der Waals surface area contributed by atoms with E-state index < -0.39 is 12.1 Å². The second kappa shape index (κ2) is 6.58. The van der Waals surface area contributed by atoms with Crippen molar-refractivity contribution in [3.63, 3.8) is 0 Å². The molecule has 0 atom stereocenters. The molecule has 1 N–H and O–H groups in total. The molecule has 0 aliphatic rings. The summed E-state index contributed by atoms with van der Waals surface area (Å²) < 4.78 is 31.7. The molecule has 0 bridgehead atoms. The van der Waals surface area contributed by atoms with Crippen molar-refractivity contribution in [2.75, 3.05) is 14.1 Å². The molecule has 0 radical (unpaired) electrons. The molecule has 0 aliphatic heterocycles. The van der Waals surface area contributed by atoms with Crippen LogP contribution in [0.3, 0.4) is 0 Å². The summed E-state index contributed by atoms with van der Waals surface area (Å²) in [5.41, 5.74) is 0.484. The Bertz CT molecular complexity index is 405. The second-order valence-electron chi connectivity index (χ2n) is 3.22. The average Bonchev–Trinajstić information content (AvgIpc) is 2.28. The number of pyridine rings is 1. The highest BCUT2D eigenvalue weighted by Gasteiger charge is 2.38. The van der Waals surface area contributed by atoms with Gasteiger partial charge in [-0.25, -0.2) is 4.79 Å². The first-order valence-corrected chi connectivity index (χ1v) is 4.59. The van der Waals surface area contributed by atoms with Crippen LogP contribution in [0.15, 0.2) is 24.4 Å². The van der Waals surface area contributed by atoms with Crippen LogP contribution in [0.4, 0.5) is 13.2 Å². The summed E-state index contributed by atoms with van der Waals surface area (Å²) in [4.78, 5) is 25.5. The molecule has 8 heteroatoms. The molecule has 0 fully saturated rings. The lowest BCUT2D eigenvalue weighted by molar-refractivity contribution is -0.192. The number of nitrogens with zero attached hydrogens (tertiary/aromatic N) is 2. The Kier molecular flexibility index (Phi) is 5.80. The minimum atomic E-state index is -5.08. The van der Waals surface area contributed by atoms with Crippen LogP contribution in [0.2, 0.25) is 0 Å². The zero-order chi connectivity index (χ0) is 14.3. The van der Waals surface area contributed by atoms with Gasteiger partial charge in [-0.05, 0) is 12.1 Å². The Labute approximate surface area is 101 Å². The smallest absolute Gasteiger partial charge is 0.475 e. The van der Waals surface area contributed by atoms with Crippen LogP contribution in [0, 0.1) is 0 Å². The van der Waals surface area contributed by atoms with Gasteiger partial charge < -0.3 is 10.0 Å². The van der Waals surface area contributed by atoms with Crippen LogP contribution in [0.5, 0.6) is 0 Å². The maximum atomic E-state index is 11.2. The number of hydrogen-bond acceptors (Lipinski definition) is 3. The third kappa shape index (κ3) is 5.83. The van der Waals surface area contributed by atoms with Gasteiger partial charge in [0.1, 0.15) is 5.69 Å². The Morgan fingerprint density at radius 1 is 1.28 bits per heavy atom. The topological polar surface area (TPSA) is 70.5 Å². The first kappa shape index (κ1) is 15.9. The van der Waals surface area contributed by atoms with Crippen LogP contribution in [0.25, 0.3) is 0 Å². The van der Waals surface area contributed by atoms with Gasteiger partial charge >= 0.3 is 12.1 Å². The predicted octanol–water partition coefficient (Wildman–Crippen LogP) is 1.42. The Morgan fingerprint density at radius 3 is 2.06 bits per heavy atom. The predicted molar refractivity (Wildman–Crippen MR) is 55.9 cm³/mol. The van der Waals surface area contributed by atoms with Gasteiger partial charge in [-0.3, -0.25) is 9.78 Å². The summed E-state index contributed by atoms with van der Waals surface area (Å²) in [7, 11) is 3.41. The van der Waals surface area contributed by atoms with Crippen LogP contribution < -0.4 is 0 Å². The van der Waals surface area contributed by atoms with E-state index in [1.165, 1.54) is 4.90 Å². The lowest BCUT2D eigenvalue weighted by Crippen LogP contribution is -2.22. The molecule has 0 saturated heterocycles. The van der Waals surface area contributed by atoms with E-state index in [0.717, 1.165) is 0 Å². The number of halogens is 3. The van der Waals surface area contributed by atoms with Crippen LogP contribution in [-0.4, -0.2) is 47.1 Å². The molecule has 0 unspecified atom stereocenters. The summed E-state index contributed by atoms with van der Waals surface area (Å²) in [5.74, 6) is -2.82. The summed E-state index contributed by atoms with van der Waals surface area (Å²) >= 11 is 0. The number of alkyl halides is 3. The van der Waals surface area contributed by atoms with Gasteiger partial charge in [0.2, 0.25) is 0 Å². The number of carbonyl (C=O) groups is 2. The van der Waals surface area contributed by atoms with Gasteiger partial charge in [-0.1, -0.05) is 6.07 Å². The molecular weight excluding hydrogens is 253 g/mol. The molecule has 0 aliphatic carbocycles. The third-order valence-electron chi connectivity index (χ3n) is 1.53. The zero-order valence-electron chi connectivity index (χ0n) is 9.60. The molecule has 0 aromatic carbocycles. The minimum Gasteiger partial charge on any atom is -0.475 e. The van der Waals surface area contributed by atoms with Crippen molar-refractivity contribution in [2.24, 2.45) is 0 Å². The highest BCUT2D eigenvalue weighted by atomic mass is 19.4. The van der Waals surface area contributed by atoms with E-state index in [2.05, 4.69) is 4.98 Å². The van der Waals surface area contributed by atoms with Gasteiger partial charge in [-0.2, -0.15) is 13.2 Å². The molecule has 5 nitrogen and oxygen atoms in total. The Balaban J connectivity index is 0.000000360. The molecule has 1 amide bonds. The van der Waals surface area contributed by atoms with Crippen molar-refractivity contribution < 1.29 is 27.9 Å². The number of aromatic nitrogens is 1. The maximum Gasteiger partial charge on any atom is 0.490 e. The molecule has 1 aromatic heterocycles. The van der Waals surface area contributed by atoms with E-state index >= 15 is 0 Å². The number of carbonyl (C=O) groups excluding carboxylic acids is 1. The summed E-state index contributed by atoms with van der Waals surface area (Å²) in [6.07, 6.45) is -3.48. The van der Waals surface area contributed by atoms with E-state index in [1.54, 1.807) is 38.5 Å². The monoisotopic (exact) mass is 264 g/mol. The SMILES string of the molecule is CN(C)C(=O)c1ccccn1.O=C(O)C(F)(F)F. The van der Waals surface area contributed by atoms with Gasteiger partial charge in [0.15, 0.2) is 0 Å². The van der Waals surface area contributed by atoms with Gasteiger partial charge in [0.05, 0.1) is 0 Å². The third-order valence-corrected chi connectivity index (χ3v) is 1.53. The van der Waals surface area contributed by atoms with Gasteiger partial charge in [0, 0.05) is 20.3 Å². The average molecular weight is 264 g/mol. The lowest BCUT2D eigenvalue weighted by atomic mass is 10.3. The standard InChI is InChI=1S/C8H10N2O.C2HF3O2/c1-10(2)8(11)7-5-3-4-6-9-7;3-2(4,5)1(6)7/h3-6H,1-2H3;(H,6,7). The molecule has 0 saturated carbocycles. The maximum absolute atomic E-state index is 11.2. The second-order valence-corrected chi connectivity index (χ2v) is 3.22. The van der Waals surface area contributed by atoms with Crippen LogP contribution in [-0.2, 0) is 4.79 Å². The van der Waals surface area contributed by atoms with E-state index in [1.807, 2.05) is 0 Å². The number of amides is 1. The molecule has 100 valence electrons. The summed E-state index contributed by atoms with van der Waals surface area (Å²) in [6, 6.07) is 5.28. The number of carboxylic acids is 1. The van der Waals surface area contributed by atoms with E-state index in [-0.39, 0.29) is 5.91 Å². The van der Waals surface area contributed by atoms with E-state index in [9.17, 15) is 18.0 Å². The summed E-state index contributed by atoms with van der Waals surface area (Å²) in [6.45, 7) is 0. The van der Waals surface area contributed by atoms with Crippen molar-refractivity contribution >= 4 is 11.9 Å². The van der Waals surface area contributed by atoms with Crippen LogP contribution >= 0.6 is 0 Å². The number of hydrogen-bond donors (Lipinski definition) is 1. The van der Waals surface area contributed by atoms with Crippen LogP contribution in [0.1, 0.15) is 10.5 Å². The van der Waals surface area contributed by atoms with Crippen molar-refractivity contribution in [1.29, 1.82) is 0 Å². The number of carboxylic acid groups (broad SMARTS) is 1. The molecule has 1 rings (SSSR count). The molecule has 0 spiro atoms. The van der Waals surface area contributed by atoms with Crippen molar-refractivity contribution in [1.82, 2.24) is 9.88 Å². The van der Waals surface area contributed by atoms with E-state index in [0.29, 0.717) is 5.69 Å². The van der Waals surface area contributed by atoms with Gasteiger partial charge in [-0.15, -0.1) is 0 Å². The van der Waals surface area contributed by atoms with Crippen molar-refractivity contribution in [3.05, 3.63) is 30.1 Å². The molecule has 1 heterocycles. The minimum absolute atomic E-state index is 0.0643. The van der Waals surface area contributed by atoms with Crippen molar-refractivity contribution in [2.45, 2.75) is 6.18 Å². The first-order valence-electron chi connectivity index (χ1n) is 4.59. The number of aliphatic carboxylic acids is 1. The number of rotatable bonds is 1. The van der Waals surface area contributed by atoms with E-state index in [4.69, 9.17) is 9.90 Å². The van der Waals surface area contributed by atoms with Gasteiger partial charge in [0.25, 0.3) is 5.91 Å². The Morgan fingerprint density at radius 2 is 1.78 bits per heavy atom.